The topological polar surface area (TPSA) is 89.4 Å². The Morgan fingerprint density at radius 2 is 2.14 bits per heavy atom. The number of carbonyl (C=O) groups excluding carboxylic acids is 2. The molecule has 1 aliphatic heterocycles. The molecule has 0 radical (unpaired) electrons. The van der Waals surface area contributed by atoms with Crippen LogP contribution in [0.25, 0.3) is 0 Å². The number of nitrogens with zero attached hydrogens (tertiary/aromatic N) is 1. The fourth-order valence-corrected chi connectivity index (χ4v) is 1.38. The summed E-state index contributed by atoms with van der Waals surface area (Å²) < 4.78 is 0. The third-order valence-electron chi connectivity index (χ3n) is 2.11. The maximum atomic E-state index is 11.6. The first kappa shape index (κ1) is 10.7. The van der Waals surface area contributed by atoms with E-state index in [2.05, 4.69) is 0 Å². The molecular weight excluding hydrogens is 182 g/mol. The molecule has 0 saturated carbocycles. The van der Waals surface area contributed by atoms with Gasteiger partial charge in [0, 0.05) is 13.1 Å². The molecule has 1 atom stereocenters. The molecule has 0 bridgehead atoms. The molecule has 0 spiro atoms. The van der Waals surface area contributed by atoms with Gasteiger partial charge in [0.2, 0.25) is 11.8 Å². The molecule has 0 aromatic carbocycles. The molecule has 5 heteroatoms. The van der Waals surface area contributed by atoms with Crippen molar-refractivity contribution in [3.8, 4) is 0 Å². The van der Waals surface area contributed by atoms with Crippen LogP contribution in [-0.4, -0.2) is 35.8 Å². The van der Waals surface area contributed by atoms with Crippen LogP contribution < -0.4 is 11.5 Å². The zero-order valence-electron chi connectivity index (χ0n) is 7.98. The minimum Gasteiger partial charge on any atom is -0.370 e. The summed E-state index contributed by atoms with van der Waals surface area (Å²) >= 11 is 0. The Balaban J connectivity index is 2.47. The van der Waals surface area contributed by atoms with Crippen LogP contribution >= 0.6 is 0 Å². The lowest BCUT2D eigenvalue weighted by atomic mass is 10.1. The van der Waals surface area contributed by atoms with E-state index >= 15 is 0 Å². The molecule has 4 N–H and O–H groups in total. The average Bonchev–Trinajstić information content (AvgIpc) is 2.17. The number of primary amides is 1. The SMILES string of the molecule is NC(=O)CC(N)C(=O)N1CC=CCC1. The summed E-state index contributed by atoms with van der Waals surface area (Å²) in [7, 11) is 0. The summed E-state index contributed by atoms with van der Waals surface area (Å²) in [5.74, 6) is -0.744. The van der Waals surface area contributed by atoms with E-state index < -0.39 is 11.9 Å². The molecule has 1 rings (SSSR count). The number of amides is 2. The van der Waals surface area contributed by atoms with Gasteiger partial charge in [0.05, 0.1) is 12.5 Å². The van der Waals surface area contributed by atoms with Gasteiger partial charge in [-0.1, -0.05) is 12.2 Å². The first-order chi connectivity index (χ1) is 6.61. The van der Waals surface area contributed by atoms with Gasteiger partial charge in [-0.2, -0.15) is 0 Å². The summed E-state index contributed by atoms with van der Waals surface area (Å²) in [6.07, 6.45) is 4.69. The second kappa shape index (κ2) is 4.76. The summed E-state index contributed by atoms with van der Waals surface area (Å²) in [6, 6.07) is -0.793. The number of carbonyl (C=O) groups is 2. The lowest BCUT2D eigenvalue weighted by molar-refractivity contribution is -0.134. The van der Waals surface area contributed by atoms with Crippen LogP contribution in [0.3, 0.4) is 0 Å². The van der Waals surface area contributed by atoms with E-state index in [4.69, 9.17) is 11.5 Å². The Bertz CT molecular complexity index is 263. The molecular formula is C9H15N3O2. The number of nitrogens with two attached hydrogens (primary N) is 2. The van der Waals surface area contributed by atoms with Gasteiger partial charge in [-0.25, -0.2) is 0 Å². The quantitative estimate of drug-likeness (QED) is 0.567. The molecule has 0 aromatic rings. The highest BCUT2D eigenvalue weighted by atomic mass is 16.2. The van der Waals surface area contributed by atoms with E-state index in [9.17, 15) is 9.59 Å². The second-order valence-corrected chi connectivity index (χ2v) is 3.32. The molecule has 0 saturated heterocycles. The smallest absolute Gasteiger partial charge is 0.240 e. The van der Waals surface area contributed by atoms with Gasteiger partial charge in [0.1, 0.15) is 0 Å². The van der Waals surface area contributed by atoms with Crippen LogP contribution in [0.1, 0.15) is 12.8 Å². The fourth-order valence-electron chi connectivity index (χ4n) is 1.38. The first-order valence-electron chi connectivity index (χ1n) is 4.59. The number of rotatable bonds is 3. The second-order valence-electron chi connectivity index (χ2n) is 3.32. The lowest BCUT2D eigenvalue weighted by Gasteiger charge is -2.25. The molecule has 1 aliphatic rings. The molecule has 2 amide bonds. The molecule has 0 aromatic heterocycles. The van der Waals surface area contributed by atoms with Crippen molar-refractivity contribution in [1.82, 2.24) is 4.90 Å². The van der Waals surface area contributed by atoms with Crippen molar-refractivity contribution >= 4 is 11.8 Å². The Morgan fingerprint density at radius 3 is 2.64 bits per heavy atom. The van der Waals surface area contributed by atoms with Crippen LogP contribution in [-0.2, 0) is 9.59 Å². The third-order valence-corrected chi connectivity index (χ3v) is 2.11. The Hall–Kier alpha value is -1.36. The predicted molar refractivity (Wildman–Crippen MR) is 52.1 cm³/mol. The van der Waals surface area contributed by atoms with Crippen molar-refractivity contribution in [3.05, 3.63) is 12.2 Å². The maximum absolute atomic E-state index is 11.6. The van der Waals surface area contributed by atoms with Crippen LogP contribution in [0.5, 0.6) is 0 Å². The zero-order valence-corrected chi connectivity index (χ0v) is 7.98. The summed E-state index contributed by atoms with van der Waals surface area (Å²) in [5, 5.41) is 0. The van der Waals surface area contributed by atoms with E-state index in [1.165, 1.54) is 0 Å². The molecule has 14 heavy (non-hydrogen) atoms. The van der Waals surface area contributed by atoms with Crippen LogP contribution in [0.15, 0.2) is 12.2 Å². The van der Waals surface area contributed by atoms with Crippen LogP contribution in [0.4, 0.5) is 0 Å². The maximum Gasteiger partial charge on any atom is 0.240 e. The molecule has 1 heterocycles. The largest absolute Gasteiger partial charge is 0.370 e. The minimum atomic E-state index is -0.793. The van der Waals surface area contributed by atoms with Gasteiger partial charge in [-0.15, -0.1) is 0 Å². The van der Waals surface area contributed by atoms with E-state index in [0.717, 1.165) is 6.42 Å². The van der Waals surface area contributed by atoms with Crippen molar-refractivity contribution in [2.45, 2.75) is 18.9 Å². The van der Waals surface area contributed by atoms with Crippen molar-refractivity contribution in [3.63, 3.8) is 0 Å². The predicted octanol–water partition coefficient (Wildman–Crippen LogP) is -1.02. The zero-order chi connectivity index (χ0) is 10.6. The normalized spacial score (nSPS) is 17.9. The Morgan fingerprint density at radius 1 is 1.43 bits per heavy atom. The van der Waals surface area contributed by atoms with E-state index in [-0.39, 0.29) is 12.3 Å². The van der Waals surface area contributed by atoms with Gasteiger partial charge in [0.25, 0.3) is 0 Å². The number of hydrogen-bond donors (Lipinski definition) is 2. The van der Waals surface area contributed by atoms with Gasteiger partial charge < -0.3 is 16.4 Å². The lowest BCUT2D eigenvalue weighted by Crippen LogP contribution is -2.46. The molecule has 5 nitrogen and oxygen atoms in total. The Kier molecular flexibility index (Phi) is 3.64. The van der Waals surface area contributed by atoms with E-state index in [1.807, 2.05) is 12.2 Å². The third kappa shape index (κ3) is 2.85. The highest BCUT2D eigenvalue weighted by Crippen LogP contribution is 2.04. The molecule has 0 aliphatic carbocycles. The molecule has 1 unspecified atom stereocenters. The first-order valence-corrected chi connectivity index (χ1v) is 4.59. The van der Waals surface area contributed by atoms with Crippen molar-refractivity contribution in [2.75, 3.05) is 13.1 Å². The van der Waals surface area contributed by atoms with E-state index in [0.29, 0.717) is 13.1 Å². The average molecular weight is 197 g/mol. The summed E-state index contributed by atoms with van der Waals surface area (Å²) in [5.41, 5.74) is 10.5. The summed E-state index contributed by atoms with van der Waals surface area (Å²) in [6.45, 7) is 1.24. The standard InChI is InChI=1S/C9H15N3O2/c10-7(6-8(11)13)9(14)12-4-2-1-3-5-12/h1-2,7H,3-6,10H2,(H2,11,13). The van der Waals surface area contributed by atoms with Crippen molar-refractivity contribution in [2.24, 2.45) is 11.5 Å². The van der Waals surface area contributed by atoms with Crippen molar-refractivity contribution < 1.29 is 9.59 Å². The highest BCUT2D eigenvalue weighted by molar-refractivity contribution is 5.87. The van der Waals surface area contributed by atoms with Crippen LogP contribution in [0.2, 0.25) is 0 Å². The fraction of sp³-hybridized carbons (Fsp3) is 0.556. The highest BCUT2D eigenvalue weighted by Gasteiger charge is 2.22. The monoisotopic (exact) mass is 197 g/mol. The van der Waals surface area contributed by atoms with Gasteiger partial charge in [0.15, 0.2) is 0 Å². The summed E-state index contributed by atoms with van der Waals surface area (Å²) in [4.78, 5) is 23.8. The van der Waals surface area contributed by atoms with Gasteiger partial charge in [-0.05, 0) is 6.42 Å². The number of hydrogen-bond acceptors (Lipinski definition) is 3. The molecule has 78 valence electrons. The van der Waals surface area contributed by atoms with Crippen molar-refractivity contribution in [1.29, 1.82) is 0 Å². The van der Waals surface area contributed by atoms with E-state index in [1.54, 1.807) is 4.90 Å². The Labute approximate surface area is 82.7 Å². The van der Waals surface area contributed by atoms with Gasteiger partial charge in [-0.3, -0.25) is 9.59 Å². The van der Waals surface area contributed by atoms with Gasteiger partial charge >= 0.3 is 0 Å². The minimum absolute atomic E-state index is 0.0843. The molecule has 0 fully saturated rings. The van der Waals surface area contributed by atoms with Crippen LogP contribution in [0, 0.1) is 0 Å².